The Balaban J connectivity index is 1.59. The number of ether oxygens (including phenoxy) is 1. The second kappa shape index (κ2) is 5.11. The van der Waals surface area contributed by atoms with Crippen molar-refractivity contribution in [3.63, 3.8) is 0 Å². The third-order valence-electron chi connectivity index (χ3n) is 4.14. The van der Waals surface area contributed by atoms with Gasteiger partial charge in [-0.3, -0.25) is 4.79 Å². The molecule has 2 N–H and O–H groups in total. The lowest BCUT2D eigenvalue weighted by atomic mass is 9.86. The van der Waals surface area contributed by atoms with Gasteiger partial charge in [0.1, 0.15) is 5.75 Å². The summed E-state index contributed by atoms with van der Waals surface area (Å²) in [4.78, 5) is 10.9. The predicted octanol–water partition coefficient (Wildman–Crippen LogP) is 2.68. The summed E-state index contributed by atoms with van der Waals surface area (Å²) in [6, 6.07) is 6.63. The minimum Gasteiger partial charge on any atom is -0.493 e. The molecule has 0 unspecified atom stereocenters. The lowest BCUT2D eigenvalue weighted by Gasteiger charge is -2.27. The van der Waals surface area contributed by atoms with E-state index in [2.05, 4.69) is 11.4 Å². The fourth-order valence-corrected chi connectivity index (χ4v) is 3.00. The van der Waals surface area contributed by atoms with E-state index in [4.69, 9.17) is 9.84 Å². The zero-order chi connectivity index (χ0) is 13.2. The summed E-state index contributed by atoms with van der Waals surface area (Å²) in [5, 5.41) is 12.5. The highest BCUT2D eigenvalue weighted by molar-refractivity contribution is 5.70. The van der Waals surface area contributed by atoms with Crippen molar-refractivity contribution in [3.05, 3.63) is 23.8 Å². The molecule has 1 saturated carbocycles. The van der Waals surface area contributed by atoms with Crippen molar-refractivity contribution in [3.8, 4) is 5.75 Å². The quantitative estimate of drug-likeness (QED) is 0.878. The first-order chi connectivity index (χ1) is 9.22. The second-order valence-corrected chi connectivity index (χ2v) is 5.45. The minimum atomic E-state index is -0.645. The molecule has 1 fully saturated rings. The Kier molecular flexibility index (Phi) is 3.32. The van der Waals surface area contributed by atoms with Crippen molar-refractivity contribution in [1.29, 1.82) is 0 Å². The maximum Gasteiger partial charge on any atom is 0.306 e. The number of carbonyl (C=O) groups is 1. The van der Waals surface area contributed by atoms with Crippen LogP contribution in [0.15, 0.2) is 18.2 Å². The summed E-state index contributed by atoms with van der Waals surface area (Å²) in [5.41, 5.74) is 2.40. The van der Waals surface area contributed by atoms with Gasteiger partial charge in [0.15, 0.2) is 0 Å². The average molecular weight is 261 g/mol. The van der Waals surface area contributed by atoms with E-state index in [-0.39, 0.29) is 5.92 Å². The third-order valence-corrected chi connectivity index (χ3v) is 4.14. The SMILES string of the molecule is O=C(O)C1CCC(Nc2ccc3c(c2)CCO3)CC1. The molecular formula is C15H19NO3. The highest BCUT2D eigenvalue weighted by atomic mass is 16.5. The van der Waals surface area contributed by atoms with Gasteiger partial charge in [0.25, 0.3) is 0 Å². The van der Waals surface area contributed by atoms with Crippen molar-refractivity contribution >= 4 is 11.7 Å². The molecule has 1 aliphatic heterocycles. The van der Waals surface area contributed by atoms with Crippen molar-refractivity contribution in [1.82, 2.24) is 0 Å². The van der Waals surface area contributed by atoms with E-state index in [9.17, 15) is 4.79 Å². The smallest absolute Gasteiger partial charge is 0.306 e. The van der Waals surface area contributed by atoms with Crippen LogP contribution in [0.25, 0.3) is 0 Å². The second-order valence-electron chi connectivity index (χ2n) is 5.45. The van der Waals surface area contributed by atoms with Crippen LogP contribution < -0.4 is 10.1 Å². The highest BCUT2D eigenvalue weighted by Gasteiger charge is 2.25. The standard InChI is InChI=1S/C15H19NO3/c17-15(18)10-1-3-12(4-2-10)16-13-5-6-14-11(9-13)7-8-19-14/h5-6,9-10,12,16H,1-4,7-8H2,(H,17,18). The number of carboxylic acids is 1. The maximum atomic E-state index is 10.9. The molecule has 1 heterocycles. The molecule has 0 spiro atoms. The largest absolute Gasteiger partial charge is 0.493 e. The molecule has 102 valence electrons. The molecule has 0 amide bonds. The topological polar surface area (TPSA) is 58.6 Å². The lowest BCUT2D eigenvalue weighted by Crippen LogP contribution is -2.29. The normalized spacial score (nSPS) is 25.5. The van der Waals surface area contributed by atoms with Crippen LogP contribution in [0.4, 0.5) is 5.69 Å². The first-order valence-corrected chi connectivity index (χ1v) is 6.97. The fourth-order valence-electron chi connectivity index (χ4n) is 3.00. The lowest BCUT2D eigenvalue weighted by molar-refractivity contribution is -0.142. The number of benzene rings is 1. The van der Waals surface area contributed by atoms with Gasteiger partial charge >= 0.3 is 5.97 Å². The number of carboxylic acid groups (broad SMARTS) is 1. The fraction of sp³-hybridized carbons (Fsp3) is 0.533. The Morgan fingerprint density at radius 1 is 1.26 bits per heavy atom. The first-order valence-electron chi connectivity index (χ1n) is 6.97. The van der Waals surface area contributed by atoms with Crippen LogP contribution in [0.5, 0.6) is 5.75 Å². The number of hydrogen-bond donors (Lipinski definition) is 2. The van der Waals surface area contributed by atoms with Crippen LogP contribution in [0.2, 0.25) is 0 Å². The van der Waals surface area contributed by atoms with E-state index < -0.39 is 5.97 Å². The Hall–Kier alpha value is -1.71. The number of nitrogens with one attached hydrogen (secondary N) is 1. The maximum absolute atomic E-state index is 10.9. The summed E-state index contributed by atoms with van der Waals surface area (Å²) in [6.07, 6.45) is 4.41. The molecule has 4 heteroatoms. The molecule has 4 nitrogen and oxygen atoms in total. The van der Waals surface area contributed by atoms with Crippen LogP contribution >= 0.6 is 0 Å². The van der Waals surface area contributed by atoms with Crippen LogP contribution in [-0.4, -0.2) is 23.7 Å². The van der Waals surface area contributed by atoms with Gasteiger partial charge in [0.05, 0.1) is 12.5 Å². The summed E-state index contributed by atoms with van der Waals surface area (Å²) in [7, 11) is 0. The van der Waals surface area contributed by atoms with Crippen LogP contribution in [0.1, 0.15) is 31.2 Å². The average Bonchev–Trinajstić information content (AvgIpc) is 2.87. The van der Waals surface area contributed by atoms with E-state index in [1.165, 1.54) is 5.56 Å². The summed E-state index contributed by atoms with van der Waals surface area (Å²) >= 11 is 0. The molecule has 3 rings (SSSR count). The van der Waals surface area contributed by atoms with Crippen LogP contribution in [0.3, 0.4) is 0 Å². The zero-order valence-electron chi connectivity index (χ0n) is 10.9. The first kappa shape index (κ1) is 12.3. The molecule has 2 aliphatic rings. The molecule has 19 heavy (non-hydrogen) atoms. The summed E-state index contributed by atoms with van der Waals surface area (Å²) in [6.45, 7) is 0.780. The Labute approximate surface area is 112 Å². The number of aliphatic carboxylic acids is 1. The molecule has 0 radical (unpaired) electrons. The Morgan fingerprint density at radius 2 is 2.05 bits per heavy atom. The van der Waals surface area contributed by atoms with Gasteiger partial charge in [-0.15, -0.1) is 0 Å². The third kappa shape index (κ3) is 2.67. The predicted molar refractivity (Wildman–Crippen MR) is 72.6 cm³/mol. The molecule has 0 bridgehead atoms. The van der Waals surface area contributed by atoms with Crippen LogP contribution in [-0.2, 0) is 11.2 Å². The van der Waals surface area contributed by atoms with Crippen LogP contribution in [0, 0.1) is 5.92 Å². The molecule has 0 saturated heterocycles. The molecule has 1 aromatic carbocycles. The van der Waals surface area contributed by atoms with Gasteiger partial charge in [-0.25, -0.2) is 0 Å². The number of anilines is 1. The number of fused-ring (bicyclic) bond motifs is 1. The van der Waals surface area contributed by atoms with Crippen molar-refractivity contribution in [2.24, 2.45) is 5.92 Å². The number of hydrogen-bond acceptors (Lipinski definition) is 3. The number of rotatable bonds is 3. The molecule has 1 aliphatic carbocycles. The van der Waals surface area contributed by atoms with Gasteiger partial charge in [-0.2, -0.15) is 0 Å². The summed E-state index contributed by atoms with van der Waals surface area (Å²) < 4.78 is 5.49. The Morgan fingerprint density at radius 3 is 2.79 bits per heavy atom. The zero-order valence-corrected chi connectivity index (χ0v) is 10.9. The molecule has 1 aromatic rings. The van der Waals surface area contributed by atoms with Gasteiger partial charge in [0, 0.05) is 18.2 Å². The van der Waals surface area contributed by atoms with Gasteiger partial charge in [-0.05, 0) is 49.4 Å². The van der Waals surface area contributed by atoms with E-state index >= 15 is 0 Å². The van der Waals surface area contributed by atoms with E-state index in [1.54, 1.807) is 0 Å². The van der Waals surface area contributed by atoms with Crippen molar-refractivity contribution in [2.75, 3.05) is 11.9 Å². The minimum absolute atomic E-state index is 0.147. The highest BCUT2D eigenvalue weighted by Crippen LogP contribution is 2.30. The Bertz CT molecular complexity index is 478. The van der Waals surface area contributed by atoms with Gasteiger partial charge in [-0.1, -0.05) is 0 Å². The van der Waals surface area contributed by atoms with Gasteiger partial charge < -0.3 is 15.2 Å². The molecule has 0 atom stereocenters. The molecule has 0 aromatic heterocycles. The van der Waals surface area contributed by atoms with E-state index in [0.29, 0.717) is 6.04 Å². The van der Waals surface area contributed by atoms with Gasteiger partial charge in [0.2, 0.25) is 0 Å². The van der Waals surface area contributed by atoms with Crippen molar-refractivity contribution < 1.29 is 14.6 Å². The monoisotopic (exact) mass is 261 g/mol. The molecular weight excluding hydrogens is 242 g/mol. The summed E-state index contributed by atoms with van der Waals surface area (Å²) in [5.74, 6) is 0.208. The van der Waals surface area contributed by atoms with E-state index in [1.807, 2.05) is 12.1 Å². The van der Waals surface area contributed by atoms with E-state index in [0.717, 1.165) is 50.1 Å². The van der Waals surface area contributed by atoms with Crippen molar-refractivity contribution in [2.45, 2.75) is 38.1 Å².